The van der Waals surface area contributed by atoms with Gasteiger partial charge in [0.05, 0.1) is 12.8 Å². The van der Waals surface area contributed by atoms with E-state index in [1.807, 2.05) is 84.9 Å². The molecule has 0 saturated heterocycles. The zero-order chi connectivity index (χ0) is 18.0. The number of nitrogens with zero attached hydrogens (tertiary/aromatic N) is 1. The smallest absolute Gasteiger partial charge is 0.157 e. The van der Waals surface area contributed by atoms with E-state index in [0.717, 1.165) is 27.6 Å². The molecule has 128 valence electrons. The average Bonchev–Trinajstić information content (AvgIpc) is 2.73. The van der Waals surface area contributed by atoms with Gasteiger partial charge in [0.2, 0.25) is 0 Å². The highest BCUT2D eigenvalue weighted by Crippen LogP contribution is 2.39. The zero-order valence-electron chi connectivity index (χ0n) is 14.5. The van der Waals surface area contributed by atoms with Gasteiger partial charge in [-0.05, 0) is 34.7 Å². The van der Waals surface area contributed by atoms with Gasteiger partial charge in [0.15, 0.2) is 5.60 Å². The molecule has 0 aliphatic carbocycles. The fourth-order valence-electron chi connectivity index (χ4n) is 3.36. The van der Waals surface area contributed by atoms with Gasteiger partial charge in [0.1, 0.15) is 5.75 Å². The molecule has 0 radical (unpaired) electrons. The molecular formula is C23H19NO2. The third-order valence-electron chi connectivity index (χ3n) is 4.72. The lowest BCUT2D eigenvalue weighted by molar-refractivity contribution is 0.122. The van der Waals surface area contributed by atoms with Crippen LogP contribution >= 0.6 is 0 Å². The molecule has 0 saturated carbocycles. The van der Waals surface area contributed by atoms with Crippen molar-refractivity contribution in [1.82, 2.24) is 4.98 Å². The number of aliphatic hydroxyl groups is 1. The molecule has 0 aliphatic heterocycles. The minimum absolute atomic E-state index is 0.618. The van der Waals surface area contributed by atoms with Crippen LogP contribution in [0.25, 0.3) is 10.8 Å². The molecule has 3 heteroatoms. The monoisotopic (exact) mass is 341 g/mol. The van der Waals surface area contributed by atoms with Gasteiger partial charge in [-0.2, -0.15) is 0 Å². The van der Waals surface area contributed by atoms with Crippen LogP contribution in [-0.2, 0) is 5.60 Å². The summed E-state index contributed by atoms with van der Waals surface area (Å²) < 4.78 is 5.27. The number of ether oxygens (including phenoxy) is 1. The molecular weight excluding hydrogens is 322 g/mol. The summed E-state index contributed by atoms with van der Waals surface area (Å²) in [7, 11) is 1.63. The molecule has 4 aromatic rings. The van der Waals surface area contributed by atoms with Crippen LogP contribution in [0.2, 0.25) is 0 Å². The molecule has 0 bridgehead atoms. The summed E-state index contributed by atoms with van der Waals surface area (Å²) in [5.74, 6) is 0.745. The van der Waals surface area contributed by atoms with Crippen LogP contribution in [0.1, 0.15) is 16.8 Å². The lowest BCUT2D eigenvalue weighted by atomic mass is 9.81. The third-order valence-corrected chi connectivity index (χ3v) is 4.72. The molecule has 0 amide bonds. The van der Waals surface area contributed by atoms with Crippen molar-refractivity contribution >= 4 is 10.8 Å². The van der Waals surface area contributed by atoms with Gasteiger partial charge in [0.25, 0.3) is 0 Å². The topological polar surface area (TPSA) is 42.4 Å². The minimum atomic E-state index is -1.37. The van der Waals surface area contributed by atoms with Crippen molar-refractivity contribution in [2.24, 2.45) is 0 Å². The first kappa shape index (κ1) is 16.3. The highest BCUT2D eigenvalue weighted by atomic mass is 16.5. The normalized spacial score (nSPS) is 13.3. The Hall–Kier alpha value is -3.17. The Morgan fingerprint density at radius 1 is 0.769 bits per heavy atom. The maximum absolute atomic E-state index is 12.0. The van der Waals surface area contributed by atoms with E-state index in [1.54, 1.807) is 13.3 Å². The van der Waals surface area contributed by atoms with Gasteiger partial charge < -0.3 is 9.84 Å². The number of rotatable bonds is 4. The van der Waals surface area contributed by atoms with E-state index in [1.165, 1.54) is 0 Å². The summed E-state index contributed by atoms with van der Waals surface area (Å²) in [6.45, 7) is 0. The summed E-state index contributed by atoms with van der Waals surface area (Å²) >= 11 is 0. The Morgan fingerprint density at radius 3 is 2.15 bits per heavy atom. The van der Waals surface area contributed by atoms with Crippen LogP contribution in [-0.4, -0.2) is 17.2 Å². The largest absolute Gasteiger partial charge is 0.497 e. The molecule has 3 aromatic carbocycles. The van der Waals surface area contributed by atoms with Gasteiger partial charge >= 0.3 is 0 Å². The molecule has 0 unspecified atom stereocenters. The number of hydrogen-bond acceptors (Lipinski definition) is 3. The van der Waals surface area contributed by atoms with Crippen LogP contribution < -0.4 is 4.74 Å². The van der Waals surface area contributed by atoms with Crippen molar-refractivity contribution in [2.75, 3.05) is 7.11 Å². The average molecular weight is 341 g/mol. The van der Waals surface area contributed by atoms with Crippen LogP contribution in [0.15, 0.2) is 91.1 Å². The Balaban J connectivity index is 2.02. The number of benzene rings is 3. The molecule has 1 aromatic heterocycles. The zero-order valence-corrected chi connectivity index (χ0v) is 14.5. The standard InChI is InChI=1S/C23H19NO2/c1-26-20-13-11-19(12-14-20)23(25,18-8-3-2-4-9-18)22-21-10-6-5-7-17(21)15-16-24-22/h2-16,25H,1H3/t23-/m0/s1. The van der Waals surface area contributed by atoms with Crippen molar-refractivity contribution < 1.29 is 9.84 Å². The maximum Gasteiger partial charge on any atom is 0.157 e. The van der Waals surface area contributed by atoms with E-state index >= 15 is 0 Å². The lowest BCUT2D eigenvalue weighted by Gasteiger charge is -2.30. The fraction of sp³-hybridized carbons (Fsp3) is 0.0870. The third kappa shape index (κ3) is 2.63. The molecule has 0 fully saturated rings. The number of aromatic nitrogens is 1. The molecule has 1 N–H and O–H groups in total. The number of methoxy groups -OCH3 is 1. The molecule has 0 aliphatic rings. The second-order valence-corrected chi connectivity index (χ2v) is 6.19. The van der Waals surface area contributed by atoms with Gasteiger partial charge in [-0.15, -0.1) is 0 Å². The molecule has 3 nitrogen and oxygen atoms in total. The van der Waals surface area contributed by atoms with E-state index in [9.17, 15) is 5.11 Å². The summed E-state index contributed by atoms with van der Waals surface area (Å²) in [5, 5.41) is 14.0. The summed E-state index contributed by atoms with van der Waals surface area (Å²) in [6, 6.07) is 27.1. The minimum Gasteiger partial charge on any atom is -0.497 e. The van der Waals surface area contributed by atoms with Crippen molar-refractivity contribution in [1.29, 1.82) is 0 Å². The van der Waals surface area contributed by atoms with Crippen molar-refractivity contribution in [3.05, 3.63) is 108 Å². The number of hydrogen-bond donors (Lipinski definition) is 1. The highest BCUT2D eigenvalue weighted by Gasteiger charge is 2.36. The summed E-state index contributed by atoms with van der Waals surface area (Å²) in [4.78, 5) is 4.59. The van der Waals surface area contributed by atoms with E-state index in [-0.39, 0.29) is 0 Å². The highest BCUT2D eigenvalue weighted by molar-refractivity contribution is 5.86. The number of pyridine rings is 1. The van der Waals surface area contributed by atoms with Crippen molar-refractivity contribution in [3.63, 3.8) is 0 Å². The quantitative estimate of drug-likeness (QED) is 0.593. The SMILES string of the molecule is COc1ccc([C@@](O)(c2ccccc2)c2nccc3ccccc23)cc1. The summed E-state index contributed by atoms with van der Waals surface area (Å²) in [6.07, 6.45) is 1.75. The predicted molar refractivity (Wildman–Crippen MR) is 103 cm³/mol. The van der Waals surface area contributed by atoms with E-state index in [4.69, 9.17) is 4.74 Å². The van der Waals surface area contributed by atoms with Gasteiger partial charge in [-0.1, -0.05) is 66.7 Å². The van der Waals surface area contributed by atoms with Crippen LogP contribution in [0, 0.1) is 0 Å². The van der Waals surface area contributed by atoms with Crippen molar-refractivity contribution in [3.8, 4) is 5.75 Å². The second kappa shape index (κ2) is 6.62. The fourth-order valence-corrected chi connectivity index (χ4v) is 3.36. The molecule has 4 rings (SSSR count). The first-order valence-electron chi connectivity index (χ1n) is 8.50. The predicted octanol–water partition coefficient (Wildman–Crippen LogP) is 4.53. The van der Waals surface area contributed by atoms with E-state index in [0.29, 0.717) is 5.69 Å². The van der Waals surface area contributed by atoms with E-state index in [2.05, 4.69) is 4.98 Å². The van der Waals surface area contributed by atoms with Crippen LogP contribution in [0.5, 0.6) is 5.75 Å². The molecule has 1 heterocycles. The summed E-state index contributed by atoms with van der Waals surface area (Å²) in [5.41, 5.74) is 0.767. The molecule has 26 heavy (non-hydrogen) atoms. The Kier molecular flexibility index (Phi) is 4.15. The van der Waals surface area contributed by atoms with Crippen LogP contribution in [0.3, 0.4) is 0 Å². The Labute approximate surface area is 152 Å². The van der Waals surface area contributed by atoms with E-state index < -0.39 is 5.60 Å². The Morgan fingerprint density at radius 2 is 1.42 bits per heavy atom. The first-order chi connectivity index (χ1) is 12.7. The van der Waals surface area contributed by atoms with Gasteiger partial charge in [-0.3, -0.25) is 4.98 Å². The molecule has 0 spiro atoms. The van der Waals surface area contributed by atoms with Crippen LogP contribution in [0.4, 0.5) is 0 Å². The van der Waals surface area contributed by atoms with Crippen molar-refractivity contribution in [2.45, 2.75) is 5.60 Å². The lowest BCUT2D eigenvalue weighted by Crippen LogP contribution is -2.30. The number of fused-ring (bicyclic) bond motifs is 1. The molecule has 1 atom stereocenters. The Bertz CT molecular complexity index is 1020. The first-order valence-corrected chi connectivity index (χ1v) is 8.50. The van der Waals surface area contributed by atoms with Gasteiger partial charge in [0, 0.05) is 11.6 Å². The second-order valence-electron chi connectivity index (χ2n) is 6.19. The van der Waals surface area contributed by atoms with Gasteiger partial charge in [-0.25, -0.2) is 0 Å². The maximum atomic E-state index is 12.0.